The fourth-order valence-electron chi connectivity index (χ4n) is 3.58. The highest BCUT2D eigenvalue weighted by atomic mass is 16.5. The molecule has 0 radical (unpaired) electrons. The van der Waals surface area contributed by atoms with Crippen molar-refractivity contribution < 1.29 is 28.9 Å². The number of likely N-dealkylation sites (tertiary alicyclic amines) is 1. The number of nitrogens with zero attached hydrogens (tertiary/aromatic N) is 1. The second-order valence-corrected chi connectivity index (χ2v) is 7.11. The number of ketones is 1. The molecule has 1 N–H and O–H groups in total. The minimum atomic E-state index is -0.738. The van der Waals surface area contributed by atoms with Gasteiger partial charge < -0.3 is 24.2 Å². The maximum atomic E-state index is 12.9. The number of Topliss-reactive ketones (excluding diaryl/α,β-unsaturated/α-hetero) is 1. The average Bonchev–Trinajstić information content (AvgIpc) is 3.06. The van der Waals surface area contributed by atoms with Gasteiger partial charge in [-0.15, -0.1) is 0 Å². The quantitative estimate of drug-likeness (QED) is 0.264. The Morgan fingerprint density at radius 1 is 1.06 bits per heavy atom. The summed E-state index contributed by atoms with van der Waals surface area (Å²) in [6.45, 7) is 6.85. The second kappa shape index (κ2) is 10.6. The Bertz CT molecular complexity index is 994. The fourth-order valence-corrected chi connectivity index (χ4v) is 3.58. The number of amides is 1. The van der Waals surface area contributed by atoms with E-state index in [2.05, 4.69) is 6.58 Å². The van der Waals surface area contributed by atoms with E-state index in [9.17, 15) is 14.7 Å². The molecule has 3 rings (SSSR count). The standard InChI is InChI=1S/C25H27NO6/c1-4-15-32-20-12-8-18(9-13-20)23(27)21-22(17-6-10-19(11-7-17)31-5-2)26(14-16-30-3)25(29)24(21)28/h4,6-13,22,27H,1,5,14-16H2,2-3H3/b23-21-. The molecule has 2 aromatic carbocycles. The maximum Gasteiger partial charge on any atom is 0.295 e. The summed E-state index contributed by atoms with van der Waals surface area (Å²) in [7, 11) is 1.53. The normalized spacial score (nSPS) is 17.4. The molecular formula is C25H27NO6. The first-order valence-electron chi connectivity index (χ1n) is 10.4. The number of hydrogen-bond acceptors (Lipinski definition) is 6. The van der Waals surface area contributed by atoms with Crippen molar-refractivity contribution in [3.8, 4) is 11.5 Å². The molecule has 168 valence electrons. The van der Waals surface area contributed by atoms with E-state index in [0.29, 0.717) is 35.8 Å². The van der Waals surface area contributed by atoms with Gasteiger partial charge in [-0.2, -0.15) is 0 Å². The lowest BCUT2D eigenvalue weighted by atomic mass is 9.95. The number of aliphatic hydroxyl groups excluding tert-OH is 1. The van der Waals surface area contributed by atoms with Crippen molar-refractivity contribution in [3.05, 3.63) is 77.9 Å². The van der Waals surface area contributed by atoms with E-state index >= 15 is 0 Å². The van der Waals surface area contributed by atoms with Crippen molar-refractivity contribution in [1.82, 2.24) is 4.90 Å². The van der Waals surface area contributed by atoms with Gasteiger partial charge >= 0.3 is 0 Å². The van der Waals surface area contributed by atoms with E-state index < -0.39 is 17.7 Å². The molecule has 0 aromatic heterocycles. The summed E-state index contributed by atoms with van der Waals surface area (Å²) < 4.78 is 16.1. The predicted octanol–water partition coefficient (Wildman–Crippen LogP) is 3.72. The van der Waals surface area contributed by atoms with Crippen LogP contribution < -0.4 is 9.47 Å². The SMILES string of the molecule is C=CCOc1ccc(/C(O)=C2/C(=O)C(=O)N(CCOC)C2c2ccc(OCC)cc2)cc1. The lowest BCUT2D eigenvalue weighted by Crippen LogP contribution is -2.32. The Labute approximate surface area is 187 Å². The van der Waals surface area contributed by atoms with E-state index in [1.54, 1.807) is 54.6 Å². The number of hydrogen-bond donors (Lipinski definition) is 1. The highest BCUT2D eigenvalue weighted by molar-refractivity contribution is 6.46. The summed E-state index contributed by atoms with van der Waals surface area (Å²) in [5.41, 5.74) is 1.14. The smallest absolute Gasteiger partial charge is 0.295 e. The van der Waals surface area contributed by atoms with Crippen molar-refractivity contribution in [1.29, 1.82) is 0 Å². The Hall–Kier alpha value is -3.58. The lowest BCUT2D eigenvalue weighted by Gasteiger charge is -2.25. The molecule has 0 spiro atoms. The highest BCUT2D eigenvalue weighted by Crippen LogP contribution is 2.39. The monoisotopic (exact) mass is 437 g/mol. The van der Waals surface area contributed by atoms with Gasteiger partial charge in [-0.25, -0.2) is 0 Å². The van der Waals surface area contributed by atoms with Gasteiger partial charge in [0, 0.05) is 19.2 Å². The number of methoxy groups -OCH3 is 1. The Kier molecular flexibility index (Phi) is 7.68. The van der Waals surface area contributed by atoms with E-state index in [1.165, 1.54) is 12.0 Å². The number of ether oxygens (including phenoxy) is 3. The minimum Gasteiger partial charge on any atom is -0.507 e. The van der Waals surface area contributed by atoms with Crippen LogP contribution in [0.3, 0.4) is 0 Å². The Morgan fingerprint density at radius 3 is 2.28 bits per heavy atom. The first kappa shape index (κ1) is 23.1. The molecule has 1 aliphatic rings. The lowest BCUT2D eigenvalue weighted by molar-refractivity contribution is -0.140. The molecule has 1 saturated heterocycles. The van der Waals surface area contributed by atoms with Gasteiger partial charge in [-0.1, -0.05) is 24.8 Å². The highest BCUT2D eigenvalue weighted by Gasteiger charge is 2.45. The van der Waals surface area contributed by atoms with Crippen LogP contribution in [-0.4, -0.2) is 55.2 Å². The van der Waals surface area contributed by atoms with Gasteiger partial charge in [0.05, 0.1) is 24.8 Å². The Morgan fingerprint density at radius 2 is 1.69 bits per heavy atom. The summed E-state index contributed by atoms with van der Waals surface area (Å²) in [6.07, 6.45) is 1.63. The molecule has 1 aliphatic heterocycles. The molecule has 1 atom stereocenters. The summed E-state index contributed by atoms with van der Waals surface area (Å²) in [5, 5.41) is 11.1. The third kappa shape index (κ3) is 4.84. The number of carbonyl (C=O) groups excluding carboxylic acids is 2. The van der Waals surface area contributed by atoms with Crippen LogP contribution in [0.5, 0.6) is 11.5 Å². The van der Waals surface area contributed by atoms with Gasteiger partial charge in [-0.05, 0) is 48.9 Å². The predicted molar refractivity (Wildman–Crippen MR) is 121 cm³/mol. The molecule has 0 saturated carbocycles. The van der Waals surface area contributed by atoms with Gasteiger partial charge in [0.2, 0.25) is 0 Å². The van der Waals surface area contributed by atoms with Crippen molar-refractivity contribution >= 4 is 17.4 Å². The van der Waals surface area contributed by atoms with Gasteiger partial charge in [0.15, 0.2) is 0 Å². The van der Waals surface area contributed by atoms with Gasteiger partial charge in [0.1, 0.15) is 23.9 Å². The first-order chi connectivity index (χ1) is 15.5. The topological polar surface area (TPSA) is 85.3 Å². The largest absolute Gasteiger partial charge is 0.507 e. The minimum absolute atomic E-state index is 0.0371. The molecule has 1 heterocycles. The van der Waals surface area contributed by atoms with Crippen molar-refractivity contribution in [2.24, 2.45) is 0 Å². The van der Waals surface area contributed by atoms with Crippen LogP contribution in [0.25, 0.3) is 5.76 Å². The van der Waals surface area contributed by atoms with Crippen molar-refractivity contribution in [3.63, 3.8) is 0 Å². The van der Waals surface area contributed by atoms with Crippen LogP contribution >= 0.6 is 0 Å². The van der Waals surface area contributed by atoms with Crippen LogP contribution in [0.1, 0.15) is 24.1 Å². The van der Waals surface area contributed by atoms with Crippen LogP contribution in [0.2, 0.25) is 0 Å². The molecule has 7 heteroatoms. The molecule has 1 amide bonds. The molecule has 1 fully saturated rings. The summed E-state index contributed by atoms with van der Waals surface area (Å²) >= 11 is 0. The fraction of sp³-hybridized carbons (Fsp3) is 0.280. The zero-order valence-electron chi connectivity index (χ0n) is 18.2. The van der Waals surface area contributed by atoms with Crippen LogP contribution in [0.4, 0.5) is 0 Å². The van der Waals surface area contributed by atoms with Crippen molar-refractivity contribution in [2.45, 2.75) is 13.0 Å². The molecule has 2 aromatic rings. The zero-order chi connectivity index (χ0) is 23.1. The zero-order valence-corrected chi connectivity index (χ0v) is 18.2. The van der Waals surface area contributed by atoms with Crippen molar-refractivity contribution in [2.75, 3.05) is 33.5 Å². The third-order valence-electron chi connectivity index (χ3n) is 5.08. The van der Waals surface area contributed by atoms with Gasteiger partial charge in [-0.3, -0.25) is 9.59 Å². The molecule has 1 unspecified atom stereocenters. The first-order valence-corrected chi connectivity index (χ1v) is 10.4. The molecule has 0 bridgehead atoms. The number of rotatable bonds is 10. The number of aliphatic hydroxyl groups is 1. The molecular weight excluding hydrogens is 410 g/mol. The summed E-state index contributed by atoms with van der Waals surface area (Å²) in [6, 6.07) is 13.1. The van der Waals surface area contributed by atoms with E-state index in [0.717, 1.165) is 0 Å². The van der Waals surface area contributed by atoms with E-state index in [4.69, 9.17) is 14.2 Å². The van der Waals surface area contributed by atoms with Gasteiger partial charge in [0.25, 0.3) is 11.7 Å². The van der Waals surface area contributed by atoms with Crippen LogP contribution in [0.15, 0.2) is 66.8 Å². The molecule has 7 nitrogen and oxygen atoms in total. The summed E-state index contributed by atoms with van der Waals surface area (Å²) in [4.78, 5) is 27.2. The third-order valence-corrected chi connectivity index (χ3v) is 5.08. The molecule has 0 aliphatic carbocycles. The Balaban J connectivity index is 2.04. The average molecular weight is 437 g/mol. The number of benzene rings is 2. The number of carbonyl (C=O) groups is 2. The molecule has 32 heavy (non-hydrogen) atoms. The second-order valence-electron chi connectivity index (χ2n) is 7.11. The van der Waals surface area contributed by atoms with Crippen LogP contribution in [0, 0.1) is 0 Å². The van der Waals surface area contributed by atoms with E-state index in [-0.39, 0.29) is 24.5 Å². The summed E-state index contributed by atoms with van der Waals surface area (Å²) in [5.74, 6) is -0.361. The van der Waals surface area contributed by atoms with E-state index in [1.807, 2.05) is 6.92 Å². The van der Waals surface area contributed by atoms with Crippen LogP contribution in [-0.2, 0) is 14.3 Å². The maximum absolute atomic E-state index is 12.9.